The number of Topliss-reactive ketones (excluding diaryl/α,β-unsaturated/α-hetero) is 1. The van der Waals surface area contributed by atoms with Gasteiger partial charge in [0, 0.05) is 22.3 Å². The van der Waals surface area contributed by atoms with E-state index in [-0.39, 0.29) is 11.0 Å². The van der Waals surface area contributed by atoms with Crippen LogP contribution in [0.15, 0.2) is 18.2 Å². The molecule has 1 heterocycles. The van der Waals surface area contributed by atoms with Crippen molar-refractivity contribution in [1.29, 1.82) is 0 Å². The third kappa shape index (κ3) is 3.26. The van der Waals surface area contributed by atoms with Gasteiger partial charge < -0.3 is 9.47 Å². The molecule has 0 amide bonds. The molecule has 2 atom stereocenters. The summed E-state index contributed by atoms with van der Waals surface area (Å²) < 4.78 is 10.5. The van der Waals surface area contributed by atoms with Gasteiger partial charge in [0.25, 0.3) is 0 Å². The second-order valence-corrected chi connectivity index (χ2v) is 7.14. The molecular formula is C15H20O3S2. The summed E-state index contributed by atoms with van der Waals surface area (Å²) in [6, 6.07) is 5.41. The number of carbonyl (C=O) groups is 1. The number of ketones is 1. The van der Waals surface area contributed by atoms with E-state index in [2.05, 4.69) is 6.92 Å². The van der Waals surface area contributed by atoms with Crippen LogP contribution in [0.2, 0.25) is 0 Å². The monoisotopic (exact) mass is 312 g/mol. The number of methoxy groups -OCH3 is 2. The van der Waals surface area contributed by atoms with Crippen LogP contribution in [-0.2, 0) is 0 Å². The van der Waals surface area contributed by atoms with Gasteiger partial charge in [-0.05, 0) is 24.6 Å². The lowest BCUT2D eigenvalue weighted by Crippen LogP contribution is -2.32. The van der Waals surface area contributed by atoms with Gasteiger partial charge in [-0.3, -0.25) is 4.79 Å². The SMILES string of the molecule is CCC1SCCSC1C(=O)c1ccc(OC)c(OC)c1. The Hall–Kier alpha value is -0.810. The Morgan fingerprint density at radius 3 is 2.55 bits per heavy atom. The zero-order valence-corrected chi connectivity index (χ0v) is 13.7. The van der Waals surface area contributed by atoms with Crippen molar-refractivity contribution in [2.24, 2.45) is 0 Å². The molecule has 2 unspecified atom stereocenters. The first kappa shape index (κ1) is 15.6. The highest BCUT2D eigenvalue weighted by molar-refractivity contribution is 8.07. The number of carbonyl (C=O) groups excluding carboxylic acids is 1. The number of thioether (sulfide) groups is 2. The maximum atomic E-state index is 12.7. The van der Waals surface area contributed by atoms with E-state index in [0.29, 0.717) is 22.3 Å². The number of hydrogen-bond acceptors (Lipinski definition) is 5. The minimum atomic E-state index is 0.0526. The molecule has 3 nitrogen and oxygen atoms in total. The summed E-state index contributed by atoms with van der Waals surface area (Å²) in [7, 11) is 3.19. The standard InChI is InChI=1S/C15H20O3S2/c1-4-13-15(20-8-7-19-13)14(16)10-5-6-11(17-2)12(9-10)18-3/h5-6,9,13,15H,4,7-8H2,1-3H3. The second kappa shape index (κ2) is 7.27. The van der Waals surface area contributed by atoms with E-state index in [9.17, 15) is 4.79 Å². The normalized spacial score (nSPS) is 22.4. The van der Waals surface area contributed by atoms with E-state index >= 15 is 0 Å². The zero-order valence-electron chi connectivity index (χ0n) is 12.0. The van der Waals surface area contributed by atoms with Crippen molar-refractivity contribution >= 4 is 29.3 Å². The first-order chi connectivity index (χ1) is 9.71. The predicted octanol–water partition coefficient (Wildman–Crippen LogP) is 3.51. The van der Waals surface area contributed by atoms with Crippen LogP contribution in [0.1, 0.15) is 23.7 Å². The van der Waals surface area contributed by atoms with Gasteiger partial charge in [0.15, 0.2) is 17.3 Å². The van der Waals surface area contributed by atoms with Gasteiger partial charge in [-0.2, -0.15) is 11.8 Å². The quantitative estimate of drug-likeness (QED) is 0.777. The number of rotatable bonds is 5. The van der Waals surface area contributed by atoms with Crippen LogP contribution in [0.5, 0.6) is 11.5 Å². The average Bonchev–Trinajstić information content (AvgIpc) is 2.53. The van der Waals surface area contributed by atoms with Gasteiger partial charge in [-0.1, -0.05) is 6.92 Å². The molecule has 1 saturated heterocycles. The Bertz CT molecular complexity index is 476. The third-order valence-corrected chi connectivity index (χ3v) is 6.62. The summed E-state index contributed by atoms with van der Waals surface area (Å²) in [5.74, 6) is 3.65. The molecule has 0 saturated carbocycles. The van der Waals surface area contributed by atoms with Crippen LogP contribution in [0.25, 0.3) is 0 Å². The summed E-state index contributed by atoms with van der Waals surface area (Å²) in [5, 5.41) is 0.464. The summed E-state index contributed by atoms with van der Waals surface area (Å²) in [5.41, 5.74) is 0.709. The summed E-state index contributed by atoms with van der Waals surface area (Å²) in [6.07, 6.45) is 1.03. The van der Waals surface area contributed by atoms with Crippen molar-refractivity contribution in [3.63, 3.8) is 0 Å². The lowest BCUT2D eigenvalue weighted by atomic mass is 10.0. The van der Waals surface area contributed by atoms with Crippen molar-refractivity contribution < 1.29 is 14.3 Å². The molecule has 1 aliphatic rings. The molecular weight excluding hydrogens is 292 g/mol. The lowest BCUT2D eigenvalue weighted by Gasteiger charge is -2.28. The molecule has 2 rings (SSSR count). The Balaban J connectivity index is 2.23. The van der Waals surface area contributed by atoms with Crippen molar-refractivity contribution in [2.45, 2.75) is 23.8 Å². The fourth-order valence-corrected chi connectivity index (χ4v) is 5.33. The fraction of sp³-hybridized carbons (Fsp3) is 0.533. The summed E-state index contributed by atoms with van der Waals surface area (Å²) >= 11 is 3.69. The lowest BCUT2D eigenvalue weighted by molar-refractivity contribution is 0.0987. The highest BCUT2D eigenvalue weighted by atomic mass is 32.2. The molecule has 20 heavy (non-hydrogen) atoms. The first-order valence-electron chi connectivity index (χ1n) is 6.70. The molecule has 1 fully saturated rings. The average molecular weight is 312 g/mol. The Kier molecular flexibility index (Phi) is 5.66. The number of ether oxygens (including phenoxy) is 2. The van der Waals surface area contributed by atoms with Gasteiger partial charge in [0.05, 0.1) is 19.5 Å². The largest absolute Gasteiger partial charge is 0.493 e. The highest BCUT2D eigenvalue weighted by Gasteiger charge is 2.31. The smallest absolute Gasteiger partial charge is 0.177 e. The molecule has 0 aliphatic carbocycles. The molecule has 0 radical (unpaired) electrons. The van der Waals surface area contributed by atoms with E-state index in [1.807, 2.05) is 17.8 Å². The fourth-order valence-electron chi connectivity index (χ4n) is 2.30. The molecule has 0 N–H and O–H groups in total. The Morgan fingerprint density at radius 1 is 1.20 bits per heavy atom. The zero-order chi connectivity index (χ0) is 14.5. The van der Waals surface area contributed by atoms with E-state index in [1.165, 1.54) is 0 Å². The molecule has 0 spiro atoms. The van der Waals surface area contributed by atoms with Crippen LogP contribution >= 0.6 is 23.5 Å². The van der Waals surface area contributed by atoms with Crippen LogP contribution in [0.3, 0.4) is 0 Å². The molecule has 1 aromatic rings. The molecule has 0 bridgehead atoms. The van der Waals surface area contributed by atoms with Crippen LogP contribution in [-0.4, -0.2) is 42.0 Å². The van der Waals surface area contributed by atoms with Crippen LogP contribution in [0, 0.1) is 0 Å². The molecule has 1 aliphatic heterocycles. The van der Waals surface area contributed by atoms with E-state index < -0.39 is 0 Å². The minimum absolute atomic E-state index is 0.0526. The van der Waals surface area contributed by atoms with Crippen molar-refractivity contribution in [2.75, 3.05) is 25.7 Å². The first-order valence-corrected chi connectivity index (χ1v) is 8.80. The molecule has 1 aromatic carbocycles. The number of hydrogen-bond donors (Lipinski definition) is 0. The Labute approximate surface area is 128 Å². The van der Waals surface area contributed by atoms with Crippen LogP contribution < -0.4 is 9.47 Å². The van der Waals surface area contributed by atoms with Gasteiger partial charge in [-0.25, -0.2) is 0 Å². The maximum Gasteiger partial charge on any atom is 0.177 e. The van der Waals surface area contributed by atoms with Gasteiger partial charge >= 0.3 is 0 Å². The van der Waals surface area contributed by atoms with Crippen LogP contribution in [0.4, 0.5) is 0 Å². The van der Waals surface area contributed by atoms with E-state index in [4.69, 9.17) is 9.47 Å². The van der Waals surface area contributed by atoms with E-state index in [1.54, 1.807) is 38.1 Å². The van der Waals surface area contributed by atoms with Crippen molar-refractivity contribution in [3.8, 4) is 11.5 Å². The molecule has 110 valence electrons. The highest BCUT2D eigenvalue weighted by Crippen LogP contribution is 2.36. The topological polar surface area (TPSA) is 35.5 Å². The van der Waals surface area contributed by atoms with Crippen molar-refractivity contribution in [3.05, 3.63) is 23.8 Å². The maximum absolute atomic E-state index is 12.7. The Morgan fingerprint density at radius 2 is 1.90 bits per heavy atom. The summed E-state index contributed by atoms with van der Waals surface area (Å²) in [4.78, 5) is 12.7. The third-order valence-electron chi connectivity index (χ3n) is 3.38. The predicted molar refractivity (Wildman–Crippen MR) is 86.7 cm³/mol. The molecule has 5 heteroatoms. The van der Waals surface area contributed by atoms with Gasteiger partial charge in [-0.15, -0.1) is 11.8 Å². The van der Waals surface area contributed by atoms with Crippen molar-refractivity contribution in [1.82, 2.24) is 0 Å². The van der Waals surface area contributed by atoms with Gasteiger partial charge in [0.2, 0.25) is 0 Å². The minimum Gasteiger partial charge on any atom is -0.493 e. The number of benzene rings is 1. The van der Waals surface area contributed by atoms with Gasteiger partial charge in [0.1, 0.15) is 0 Å². The second-order valence-electron chi connectivity index (χ2n) is 4.54. The summed E-state index contributed by atoms with van der Waals surface area (Å²) in [6.45, 7) is 2.15. The van der Waals surface area contributed by atoms with E-state index in [0.717, 1.165) is 17.9 Å². The molecule has 0 aromatic heterocycles.